The van der Waals surface area contributed by atoms with Crippen molar-refractivity contribution in [2.75, 3.05) is 18.0 Å². The van der Waals surface area contributed by atoms with E-state index in [9.17, 15) is 4.79 Å². The number of nitrogens with zero attached hydrogens (tertiary/aromatic N) is 7. The lowest BCUT2D eigenvalue weighted by atomic mass is 10.5. The number of anilines is 1. The molecule has 0 aliphatic carbocycles. The minimum Gasteiger partial charge on any atom is -0.341 e. The van der Waals surface area contributed by atoms with E-state index in [4.69, 9.17) is 24.4 Å². The molecule has 0 saturated carbocycles. The third kappa shape index (κ3) is 2.71. The van der Waals surface area contributed by atoms with Crippen LogP contribution in [0.1, 0.15) is 13.8 Å². The van der Waals surface area contributed by atoms with E-state index in [1.165, 1.54) is 15.5 Å². The highest BCUT2D eigenvalue weighted by Crippen LogP contribution is 2.07. The van der Waals surface area contributed by atoms with Crippen LogP contribution in [0.25, 0.3) is 5.95 Å². The molecule has 0 amide bonds. The molecule has 0 radical (unpaired) electrons. The Balaban J connectivity index is 2.74. The van der Waals surface area contributed by atoms with Crippen LogP contribution in [0.3, 0.4) is 0 Å². The number of rotatable bonds is 4. The second kappa shape index (κ2) is 6.44. The van der Waals surface area contributed by atoms with Crippen LogP contribution >= 0.6 is 24.4 Å². The van der Waals surface area contributed by atoms with Crippen LogP contribution in [-0.4, -0.2) is 41.7 Å². The van der Waals surface area contributed by atoms with Crippen LogP contribution in [0.4, 0.5) is 5.95 Å². The van der Waals surface area contributed by atoms with Gasteiger partial charge in [0.25, 0.3) is 0 Å². The van der Waals surface area contributed by atoms with Crippen molar-refractivity contribution in [1.82, 2.24) is 28.7 Å². The number of hydrogen-bond donors (Lipinski definition) is 0. The highest BCUT2D eigenvalue weighted by Gasteiger charge is 2.13. The predicted molar refractivity (Wildman–Crippen MR) is 88.6 cm³/mol. The van der Waals surface area contributed by atoms with Crippen molar-refractivity contribution in [2.45, 2.75) is 13.8 Å². The maximum Gasteiger partial charge on any atom is 0.339 e. The molecule has 0 unspecified atom stereocenters. The van der Waals surface area contributed by atoms with E-state index in [0.717, 1.165) is 13.1 Å². The molecule has 118 valence electrons. The van der Waals surface area contributed by atoms with Crippen LogP contribution in [-0.2, 0) is 14.1 Å². The van der Waals surface area contributed by atoms with Gasteiger partial charge < -0.3 is 4.90 Å². The summed E-state index contributed by atoms with van der Waals surface area (Å²) in [6, 6.07) is 0. The Hall–Kier alpha value is -1.94. The van der Waals surface area contributed by atoms with Crippen molar-refractivity contribution >= 4 is 30.4 Å². The van der Waals surface area contributed by atoms with Crippen molar-refractivity contribution in [2.24, 2.45) is 14.1 Å². The zero-order valence-corrected chi connectivity index (χ0v) is 14.5. The monoisotopic (exact) mass is 339 g/mol. The minimum absolute atomic E-state index is 0.188. The zero-order valence-electron chi connectivity index (χ0n) is 12.8. The van der Waals surface area contributed by atoms with Gasteiger partial charge in [0.1, 0.15) is 6.33 Å². The lowest BCUT2D eigenvalue weighted by molar-refractivity contribution is 0.607. The van der Waals surface area contributed by atoms with Gasteiger partial charge in [0.15, 0.2) is 9.54 Å². The van der Waals surface area contributed by atoms with Gasteiger partial charge in [0.05, 0.1) is 0 Å². The maximum atomic E-state index is 12.4. The van der Waals surface area contributed by atoms with Gasteiger partial charge in [-0.3, -0.25) is 9.13 Å². The molecular weight excluding hydrogens is 322 g/mol. The first kappa shape index (κ1) is 16.4. The van der Waals surface area contributed by atoms with E-state index in [-0.39, 0.29) is 16.4 Å². The Morgan fingerprint density at radius 3 is 2.32 bits per heavy atom. The van der Waals surface area contributed by atoms with E-state index in [1.54, 1.807) is 18.7 Å². The highest BCUT2D eigenvalue weighted by molar-refractivity contribution is 7.72. The molecule has 0 fully saturated rings. The molecular formula is C12H17N7OS2. The molecule has 2 rings (SSSR count). The molecule has 0 N–H and O–H groups in total. The summed E-state index contributed by atoms with van der Waals surface area (Å²) in [6.45, 7) is 5.51. The predicted octanol–water partition coefficient (Wildman–Crippen LogP) is 1.00. The summed E-state index contributed by atoms with van der Waals surface area (Å²) >= 11 is 10.5. The van der Waals surface area contributed by atoms with Crippen LogP contribution < -0.4 is 10.6 Å². The fraction of sp³-hybridized carbons (Fsp3) is 0.500. The Bertz CT molecular complexity index is 823. The second-order valence-electron chi connectivity index (χ2n) is 4.56. The van der Waals surface area contributed by atoms with Gasteiger partial charge in [-0.25, -0.2) is 19.3 Å². The van der Waals surface area contributed by atoms with Crippen LogP contribution in [0.5, 0.6) is 0 Å². The summed E-state index contributed by atoms with van der Waals surface area (Å²) in [6.07, 6.45) is 1.37. The summed E-state index contributed by atoms with van der Waals surface area (Å²) in [5.41, 5.74) is -0.384. The molecule has 8 nitrogen and oxygen atoms in total. The normalized spacial score (nSPS) is 10.7. The molecule has 2 aromatic heterocycles. The third-order valence-corrected chi connectivity index (χ3v) is 4.33. The van der Waals surface area contributed by atoms with E-state index < -0.39 is 0 Å². The van der Waals surface area contributed by atoms with Crippen molar-refractivity contribution in [3.8, 4) is 5.95 Å². The van der Waals surface area contributed by atoms with E-state index >= 15 is 0 Å². The van der Waals surface area contributed by atoms with Crippen LogP contribution in [0, 0.1) is 9.54 Å². The highest BCUT2D eigenvalue weighted by atomic mass is 32.1. The molecule has 2 heterocycles. The smallest absolute Gasteiger partial charge is 0.339 e. The molecule has 0 spiro atoms. The standard InChI is InChI=1S/C12H17N7OS2/c1-5-18(6-2)8-13-7-14-9(15-8)19-10(20)16(3)11(21)17(4)12(19)22/h7H,5-6H2,1-4H3. The van der Waals surface area contributed by atoms with Gasteiger partial charge in [0, 0.05) is 27.2 Å². The van der Waals surface area contributed by atoms with Gasteiger partial charge in [-0.1, -0.05) is 0 Å². The Kier molecular flexibility index (Phi) is 4.81. The topological polar surface area (TPSA) is 73.8 Å². The van der Waals surface area contributed by atoms with Crippen molar-refractivity contribution in [1.29, 1.82) is 0 Å². The molecule has 2 aromatic rings. The fourth-order valence-electron chi connectivity index (χ4n) is 1.99. The summed E-state index contributed by atoms with van der Waals surface area (Å²) < 4.78 is 4.72. The van der Waals surface area contributed by atoms with Gasteiger partial charge in [-0.15, -0.1) is 0 Å². The van der Waals surface area contributed by atoms with Crippen LogP contribution in [0.2, 0.25) is 0 Å². The Morgan fingerprint density at radius 2 is 1.73 bits per heavy atom. The largest absolute Gasteiger partial charge is 0.341 e. The first-order valence-electron chi connectivity index (χ1n) is 6.75. The third-order valence-electron chi connectivity index (χ3n) is 3.32. The van der Waals surface area contributed by atoms with E-state index in [1.807, 2.05) is 18.7 Å². The molecule has 0 atom stereocenters. The molecule has 22 heavy (non-hydrogen) atoms. The summed E-state index contributed by atoms with van der Waals surface area (Å²) in [7, 11) is 3.29. The van der Waals surface area contributed by atoms with E-state index in [0.29, 0.717) is 10.7 Å². The molecule has 0 aliphatic heterocycles. The fourth-order valence-corrected chi connectivity index (χ4v) is 2.46. The van der Waals surface area contributed by atoms with Crippen LogP contribution in [0.15, 0.2) is 11.1 Å². The average molecular weight is 339 g/mol. The lowest BCUT2D eigenvalue weighted by Crippen LogP contribution is -2.34. The molecule has 0 saturated heterocycles. The number of aromatic nitrogens is 6. The molecule has 0 bridgehead atoms. The Morgan fingerprint density at radius 1 is 1.09 bits per heavy atom. The lowest BCUT2D eigenvalue weighted by Gasteiger charge is -2.18. The van der Waals surface area contributed by atoms with Gasteiger partial charge >= 0.3 is 5.69 Å². The van der Waals surface area contributed by atoms with Gasteiger partial charge in [-0.05, 0) is 38.3 Å². The summed E-state index contributed by atoms with van der Waals surface area (Å²) in [5, 5.41) is 0. The molecule has 0 aromatic carbocycles. The number of hydrogen-bond acceptors (Lipinski definition) is 7. The second-order valence-corrected chi connectivity index (χ2v) is 5.29. The minimum atomic E-state index is -0.384. The van der Waals surface area contributed by atoms with Crippen molar-refractivity contribution in [3.05, 3.63) is 26.4 Å². The quantitative estimate of drug-likeness (QED) is 0.770. The van der Waals surface area contributed by atoms with Gasteiger partial charge in [-0.2, -0.15) is 4.98 Å². The van der Waals surface area contributed by atoms with Crippen molar-refractivity contribution in [3.63, 3.8) is 0 Å². The van der Waals surface area contributed by atoms with E-state index in [2.05, 4.69) is 15.0 Å². The Labute approximate surface area is 137 Å². The summed E-state index contributed by atoms with van der Waals surface area (Å²) in [5.74, 6) is 0.692. The first-order chi connectivity index (χ1) is 10.4. The molecule has 10 heteroatoms. The average Bonchev–Trinajstić information content (AvgIpc) is 2.53. The van der Waals surface area contributed by atoms with Crippen molar-refractivity contribution < 1.29 is 0 Å². The summed E-state index contributed by atoms with van der Waals surface area (Å²) in [4.78, 5) is 27.0. The maximum absolute atomic E-state index is 12.4. The van der Waals surface area contributed by atoms with Gasteiger partial charge in [0.2, 0.25) is 11.9 Å². The SMILES string of the molecule is CCN(CC)c1ncnc(-n2c(=O)n(C)c(=S)n(C)c2=S)n1. The first-order valence-corrected chi connectivity index (χ1v) is 7.57. The zero-order chi connectivity index (χ0) is 16.4. The molecule has 0 aliphatic rings.